The third-order valence-corrected chi connectivity index (χ3v) is 2.46. The van der Waals surface area contributed by atoms with Crippen molar-refractivity contribution in [3.63, 3.8) is 0 Å². The lowest BCUT2D eigenvalue weighted by molar-refractivity contribution is -0.143. The molecule has 1 aromatic rings. The van der Waals surface area contributed by atoms with Crippen molar-refractivity contribution in [3.8, 4) is 5.75 Å². The van der Waals surface area contributed by atoms with Crippen molar-refractivity contribution in [2.45, 2.75) is 26.9 Å². The summed E-state index contributed by atoms with van der Waals surface area (Å²) in [5.74, 6) is 0.172. The molecule has 108 valence electrons. The highest BCUT2D eigenvalue weighted by molar-refractivity contribution is 5.85. The summed E-state index contributed by atoms with van der Waals surface area (Å²) in [6, 6.07) is 6.96. The highest BCUT2D eigenvalue weighted by Crippen LogP contribution is 2.22. The average Bonchev–Trinajstić information content (AvgIpc) is 2.28. The van der Waals surface area contributed by atoms with Gasteiger partial charge in [0.25, 0.3) is 0 Å². The Kier molecular flexibility index (Phi) is 7.05. The van der Waals surface area contributed by atoms with Crippen molar-refractivity contribution in [2.75, 3.05) is 13.6 Å². The minimum absolute atomic E-state index is 0. The number of nitrogens with one attached hydrogen (secondary N) is 1. The summed E-state index contributed by atoms with van der Waals surface area (Å²) in [7, 11) is 1.77. The summed E-state index contributed by atoms with van der Waals surface area (Å²) < 4.78 is 5.28. The first kappa shape index (κ1) is 17.9. The Morgan fingerprint density at radius 3 is 2.58 bits per heavy atom. The summed E-state index contributed by atoms with van der Waals surface area (Å²) in [5.41, 5.74) is 0.183. The number of carbonyl (C=O) groups excluding carboxylic acids is 1. The number of halogens is 1. The van der Waals surface area contributed by atoms with Crippen LogP contribution in [0.25, 0.3) is 0 Å². The van der Waals surface area contributed by atoms with Gasteiger partial charge in [0.2, 0.25) is 0 Å². The maximum absolute atomic E-state index is 11.7. The summed E-state index contributed by atoms with van der Waals surface area (Å²) in [6.45, 7) is 5.86. The molecule has 19 heavy (non-hydrogen) atoms. The molecule has 0 radical (unpaired) electrons. The number of esters is 1. The molecule has 0 aliphatic heterocycles. The monoisotopic (exact) mass is 287 g/mol. The van der Waals surface area contributed by atoms with E-state index in [1.54, 1.807) is 52.1 Å². The molecule has 4 nitrogen and oxygen atoms in total. The Morgan fingerprint density at radius 1 is 1.42 bits per heavy atom. The molecule has 0 saturated heterocycles. The Labute approximate surface area is 120 Å². The molecule has 0 fully saturated rings. The van der Waals surface area contributed by atoms with Crippen LogP contribution in [0, 0.1) is 5.41 Å². The molecule has 0 spiro atoms. The van der Waals surface area contributed by atoms with Crippen LogP contribution in [0.1, 0.15) is 32.4 Å². The van der Waals surface area contributed by atoms with Gasteiger partial charge in [0, 0.05) is 6.54 Å². The van der Waals surface area contributed by atoms with Crippen molar-refractivity contribution >= 4 is 18.4 Å². The fraction of sp³-hybridized carbons (Fsp3) is 0.500. The fourth-order valence-electron chi connectivity index (χ4n) is 1.36. The third-order valence-electron chi connectivity index (χ3n) is 2.46. The quantitative estimate of drug-likeness (QED) is 0.659. The molecule has 1 rings (SSSR count). The second-order valence-electron chi connectivity index (χ2n) is 5.29. The standard InChI is InChI=1S/C14H21NO3.ClH/c1-14(2,3)13(17)18-11-7-5-6-10(8-11)12(16)9-15-4;/h5-8,12,15-16H,9H2,1-4H3;1H/t12-;/m0./s1. The first-order valence-corrected chi connectivity index (χ1v) is 5.99. The van der Waals surface area contributed by atoms with Crippen molar-refractivity contribution in [1.29, 1.82) is 0 Å². The van der Waals surface area contributed by atoms with E-state index >= 15 is 0 Å². The van der Waals surface area contributed by atoms with E-state index in [9.17, 15) is 9.90 Å². The number of likely N-dealkylation sites (N-methyl/N-ethyl adjacent to an activating group) is 1. The molecule has 0 unspecified atom stereocenters. The van der Waals surface area contributed by atoms with Crippen LogP contribution in [0.5, 0.6) is 5.75 Å². The second-order valence-corrected chi connectivity index (χ2v) is 5.29. The van der Waals surface area contributed by atoms with Crippen LogP contribution in [0.15, 0.2) is 24.3 Å². The smallest absolute Gasteiger partial charge is 0.316 e. The molecule has 0 aliphatic carbocycles. The normalized spacial score (nSPS) is 12.5. The predicted octanol–water partition coefficient (Wildman–Crippen LogP) is 2.31. The third kappa shape index (κ3) is 5.59. The Balaban J connectivity index is 0.00000324. The minimum atomic E-state index is -0.608. The van der Waals surface area contributed by atoms with Gasteiger partial charge in [-0.25, -0.2) is 0 Å². The largest absolute Gasteiger partial charge is 0.426 e. The highest BCUT2D eigenvalue weighted by Gasteiger charge is 2.23. The molecule has 2 N–H and O–H groups in total. The molecule has 5 heteroatoms. The van der Waals surface area contributed by atoms with E-state index in [0.29, 0.717) is 12.3 Å². The van der Waals surface area contributed by atoms with Gasteiger partial charge in [-0.1, -0.05) is 12.1 Å². The molecule has 0 aromatic heterocycles. The van der Waals surface area contributed by atoms with E-state index in [0.717, 1.165) is 5.56 Å². The zero-order valence-electron chi connectivity index (χ0n) is 11.8. The number of aliphatic hydroxyl groups excluding tert-OH is 1. The van der Waals surface area contributed by atoms with E-state index < -0.39 is 11.5 Å². The van der Waals surface area contributed by atoms with E-state index in [-0.39, 0.29) is 18.4 Å². The first-order chi connectivity index (χ1) is 8.34. The molecular formula is C14H22ClNO3. The number of aliphatic hydroxyl groups is 1. The molecule has 0 bridgehead atoms. The van der Waals surface area contributed by atoms with Crippen molar-refractivity contribution in [1.82, 2.24) is 5.32 Å². The van der Waals surface area contributed by atoms with Crippen LogP contribution in [0.2, 0.25) is 0 Å². The average molecular weight is 288 g/mol. The van der Waals surface area contributed by atoms with Gasteiger partial charge < -0.3 is 15.2 Å². The lowest BCUT2D eigenvalue weighted by Gasteiger charge is -2.17. The van der Waals surface area contributed by atoms with E-state index in [2.05, 4.69) is 5.32 Å². The molecular weight excluding hydrogens is 266 g/mol. The lowest BCUT2D eigenvalue weighted by atomic mass is 9.97. The van der Waals surface area contributed by atoms with Crippen LogP contribution in [0.4, 0.5) is 0 Å². The van der Waals surface area contributed by atoms with Crippen molar-refractivity contribution < 1.29 is 14.6 Å². The highest BCUT2D eigenvalue weighted by atomic mass is 35.5. The van der Waals surface area contributed by atoms with E-state index in [1.165, 1.54) is 0 Å². The van der Waals surface area contributed by atoms with Crippen LogP contribution >= 0.6 is 12.4 Å². The zero-order chi connectivity index (χ0) is 13.8. The molecule has 0 saturated carbocycles. The summed E-state index contributed by atoms with van der Waals surface area (Å²) in [5, 5.41) is 12.7. The van der Waals surface area contributed by atoms with Gasteiger partial charge >= 0.3 is 5.97 Å². The SMILES string of the molecule is CNC[C@H](O)c1cccc(OC(=O)C(C)(C)C)c1.Cl. The molecule has 1 aromatic carbocycles. The topological polar surface area (TPSA) is 58.6 Å². The zero-order valence-corrected chi connectivity index (χ0v) is 12.6. The number of hydrogen-bond acceptors (Lipinski definition) is 4. The Hall–Kier alpha value is -1.10. The molecule has 1 atom stereocenters. The summed E-state index contributed by atoms with van der Waals surface area (Å²) >= 11 is 0. The van der Waals surface area contributed by atoms with Gasteiger partial charge in [0.15, 0.2) is 0 Å². The summed E-state index contributed by atoms with van der Waals surface area (Å²) in [6.07, 6.45) is -0.608. The van der Waals surface area contributed by atoms with Gasteiger partial charge in [-0.3, -0.25) is 4.79 Å². The van der Waals surface area contributed by atoms with Gasteiger partial charge in [-0.15, -0.1) is 12.4 Å². The van der Waals surface area contributed by atoms with Gasteiger partial charge in [-0.05, 0) is 45.5 Å². The predicted molar refractivity (Wildman–Crippen MR) is 77.7 cm³/mol. The number of carbonyl (C=O) groups is 1. The first-order valence-electron chi connectivity index (χ1n) is 5.99. The second kappa shape index (κ2) is 7.48. The maximum atomic E-state index is 11.7. The molecule has 0 heterocycles. The Bertz CT molecular complexity index is 415. The van der Waals surface area contributed by atoms with Crippen LogP contribution in [-0.4, -0.2) is 24.7 Å². The maximum Gasteiger partial charge on any atom is 0.316 e. The molecule has 0 amide bonds. The number of hydrogen-bond donors (Lipinski definition) is 2. The number of benzene rings is 1. The van der Waals surface area contributed by atoms with Crippen molar-refractivity contribution in [2.24, 2.45) is 5.41 Å². The van der Waals surface area contributed by atoms with Gasteiger partial charge in [0.05, 0.1) is 11.5 Å². The van der Waals surface area contributed by atoms with Crippen LogP contribution in [-0.2, 0) is 4.79 Å². The van der Waals surface area contributed by atoms with Gasteiger partial charge in [-0.2, -0.15) is 0 Å². The Morgan fingerprint density at radius 2 is 2.05 bits per heavy atom. The fourth-order valence-corrected chi connectivity index (χ4v) is 1.36. The number of ether oxygens (including phenoxy) is 1. The van der Waals surface area contributed by atoms with Gasteiger partial charge in [0.1, 0.15) is 5.75 Å². The minimum Gasteiger partial charge on any atom is -0.426 e. The van der Waals surface area contributed by atoms with E-state index in [1.807, 2.05) is 0 Å². The van der Waals surface area contributed by atoms with Crippen LogP contribution < -0.4 is 10.1 Å². The molecule has 0 aliphatic rings. The van der Waals surface area contributed by atoms with E-state index in [4.69, 9.17) is 4.74 Å². The van der Waals surface area contributed by atoms with Crippen molar-refractivity contribution in [3.05, 3.63) is 29.8 Å². The lowest BCUT2D eigenvalue weighted by Crippen LogP contribution is -2.25. The van der Waals surface area contributed by atoms with Crippen LogP contribution in [0.3, 0.4) is 0 Å². The summed E-state index contributed by atoms with van der Waals surface area (Å²) in [4.78, 5) is 11.7. The number of rotatable bonds is 4.